The molecule has 38 heavy (non-hydrogen) atoms. The molecule has 0 aliphatic carbocycles. The summed E-state index contributed by atoms with van der Waals surface area (Å²) < 4.78 is 24.2. The fraction of sp³-hybridized carbons (Fsp3) is 0.267. The SMILES string of the molecule is CCCOc1ccc(C2c3c(oc4ccc(Br)cc4c3=O)C(=O)N2c2ccc(OCC)cc2)cc1OCC. The summed E-state index contributed by atoms with van der Waals surface area (Å²) in [6.45, 7) is 7.36. The number of hydrogen-bond acceptors (Lipinski definition) is 6. The van der Waals surface area contributed by atoms with Crippen molar-refractivity contribution in [2.45, 2.75) is 33.2 Å². The Balaban J connectivity index is 1.72. The lowest BCUT2D eigenvalue weighted by Crippen LogP contribution is -2.29. The van der Waals surface area contributed by atoms with Gasteiger partial charge in [0.1, 0.15) is 11.3 Å². The molecule has 0 saturated carbocycles. The molecule has 0 fully saturated rings. The minimum absolute atomic E-state index is 0.0352. The van der Waals surface area contributed by atoms with E-state index in [1.807, 2.05) is 63.2 Å². The zero-order valence-electron chi connectivity index (χ0n) is 21.5. The van der Waals surface area contributed by atoms with Crippen LogP contribution in [0.3, 0.4) is 0 Å². The van der Waals surface area contributed by atoms with Gasteiger partial charge in [0.2, 0.25) is 5.76 Å². The molecule has 8 heteroatoms. The summed E-state index contributed by atoms with van der Waals surface area (Å²) in [5.74, 6) is 1.51. The average Bonchev–Trinajstić information content (AvgIpc) is 3.21. The van der Waals surface area contributed by atoms with Crippen molar-refractivity contribution in [1.29, 1.82) is 0 Å². The first-order chi connectivity index (χ1) is 18.5. The second-order valence-corrected chi connectivity index (χ2v) is 9.72. The molecule has 0 bridgehead atoms. The van der Waals surface area contributed by atoms with Crippen molar-refractivity contribution < 1.29 is 23.4 Å². The van der Waals surface area contributed by atoms with E-state index in [0.717, 1.165) is 10.9 Å². The molecule has 0 saturated heterocycles. The van der Waals surface area contributed by atoms with Crippen molar-refractivity contribution in [3.63, 3.8) is 0 Å². The Morgan fingerprint density at radius 2 is 1.63 bits per heavy atom. The maximum absolute atomic E-state index is 13.9. The van der Waals surface area contributed by atoms with Gasteiger partial charge in [-0.25, -0.2) is 0 Å². The third kappa shape index (κ3) is 4.65. The average molecular weight is 578 g/mol. The van der Waals surface area contributed by atoms with Crippen LogP contribution in [0.5, 0.6) is 17.2 Å². The molecule has 196 valence electrons. The van der Waals surface area contributed by atoms with E-state index < -0.39 is 6.04 Å². The molecule has 1 aliphatic heterocycles. The van der Waals surface area contributed by atoms with E-state index in [4.69, 9.17) is 18.6 Å². The summed E-state index contributed by atoms with van der Waals surface area (Å²) in [7, 11) is 0. The molecule has 1 aromatic heterocycles. The predicted octanol–water partition coefficient (Wildman–Crippen LogP) is 6.89. The second-order valence-electron chi connectivity index (χ2n) is 8.81. The van der Waals surface area contributed by atoms with Crippen LogP contribution >= 0.6 is 15.9 Å². The summed E-state index contributed by atoms with van der Waals surface area (Å²) in [6.07, 6.45) is 0.854. The predicted molar refractivity (Wildman–Crippen MR) is 150 cm³/mol. The van der Waals surface area contributed by atoms with E-state index in [9.17, 15) is 9.59 Å². The van der Waals surface area contributed by atoms with E-state index >= 15 is 0 Å². The highest BCUT2D eigenvalue weighted by atomic mass is 79.9. The van der Waals surface area contributed by atoms with Crippen molar-refractivity contribution in [2.75, 3.05) is 24.7 Å². The van der Waals surface area contributed by atoms with Gasteiger partial charge in [-0.1, -0.05) is 28.9 Å². The molecule has 4 aromatic rings. The van der Waals surface area contributed by atoms with Crippen LogP contribution in [0.1, 0.15) is 54.9 Å². The Bertz CT molecular complexity index is 1550. The lowest BCUT2D eigenvalue weighted by Gasteiger charge is -2.26. The zero-order valence-corrected chi connectivity index (χ0v) is 23.0. The Labute approximate surface area is 229 Å². The molecule has 0 spiro atoms. The number of carbonyl (C=O) groups excluding carboxylic acids is 1. The molecule has 3 aromatic carbocycles. The first-order valence-electron chi connectivity index (χ1n) is 12.7. The summed E-state index contributed by atoms with van der Waals surface area (Å²) in [5.41, 5.74) is 1.72. The zero-order chi connectivity index (χ0) is 26.8. The molecule has 0 radical (unpaired) electrons. The number of hydrogen-bond donors (Lipinski definition) is 0. The maximum atomic E-state index is 13.9. The van der Waals surface area contributed by atoms with Gasteiger partial charge in [-0.15, -0.1) is 0 Å². The number of halogens is 1. The lowest BCUT2D eigenvalue weighted by molar-refractivity contribution is 0.0971. The normalized spacial score (nSPS) is 14.6. The van der Waals surface area contributed by atoms with Gasteiger partial charge >= 0.3 is 0 Å². The topological polar surface area (TPSA) is 78.2 Å². The molecule has 7 nitrogen and oxygen atoms in total. The number of anilines is 1. The van der Waals surface area contributed by atoms with Gasteiger partial charge in [0.15, 0.2) is 16.9 Å². The second kappa shape index (κ2) is 10.9. The Morgan fingerprint density at radius 1 is 0.868 bits per heavy atom. The number of rotatable bonds is 9. The smallest absolute Gasteiger partial charge is 0.295 e. The number of amides is 1. The summed E-state index contributed by atoms with van der Waals surface area (Å²) in [4.78, 5) is 29.4. The largest absolute Gasteiger partial charge is 0.494 e. The lowest BCUT2D eigenvalue weighted by atomic mass is 9.97. The van der Waals surface area contributed by atoms with Gasteiger partial charge in [-0.2, -0.15) is 0 Å². The maximum Gasteiger partial charge on any atom is 0.295 e. The van der Waals surface area contributed by atoms with E-state index in [2.05, 4.69) is 15.9 Å². The minimum Gasteiger partial charge on any atom is -0.494 e. The van der Waals surface area contributed by atoms with Crippen molar-refractivity contribution in [1.82, 2.24) is 0 Å². The highest BCUT2D eigenvalue weighted by Crippen LogP contribution is 2.43. The minimum atomic E-state index is -0.727. The quantitative estimate of drug-likeness (QED) is 0.215. The third-order valence-electron chi connectivity index (χ3n) is 6.30. The van der Waals surface area contributed by atoms with Gasteiger partial charge < -0.3 is 18.6 Å². The summed E-state index contributed by atoms with van der Waals surface area (Å²) in [6, 6.07) is 17.2. The van der Waals surface area contributed by atoms with Gasteiger partial charge in [0.25, 0.3) is 5.91 Å². The van der Waals surface area contributed by atoms with E-state index in [-0.39, 0.29) is 17.1 Å². The van der Waals surface area contributed by atoms with Crippen LogP contribution in [0.25, 0.3) is 11.0 Å². The van der Waals surface area contributed by atoms with Crippen LogP contribution in [0, 0.1) is 0 Å². The van der Waals surface area contributed by atoms with Crippen LogP contribution in [0.2, 0.25) is 0 Å². The van der Waals surface area contributed by atoms with Gasteiger partial charge in [0, 0.05) is 10.2 Å². The fourth-order valence-electron chi connectivity index (χ4n) is 4.69. The van der Waals surface area contributed by atoms with E-state index in [1.165, 1.54) is 0 Å². The van der Waals surface area contributed by atoms with Crippen molar-refractivity contribution in [3.05, 3.63) is 92.2 Å². The van der Waals surface area contributed by atoms with Crippen LogP contribution in [0.15, 0.2) is 74.3 Å². The molecular formula is C30H28BrNO6. The molecule has 1 aliphatic rings. The number of nitrogens with zero attached hydrogens (tertiary/aromatic N) is 1. The highest BCUT2D eigenvalue weighted by molar-refractivity contribution is 9.10. The number of benzene rings is 3. The van der Waals surface area contributed by atoms with Crippen LogP contribution < -0.4 is 24.5 Å². The number of fused-ring (bicyclic) bond motifs is 2. The Morgan fingerprint density at radius 3 is 2.34 bits per heavy atom. The first-order valence-corrected chi connectivity index (χ1v) is 13.5. The first kappa shape index (κ1) is 25.9. The Kier molecular flexibility index (Phi) is 7.42. The molecule has 0 N–H and O–H groups in total. The van der Waals surface area contributed by atoms with Gasteiger partial charge in [-0.05, 0) is 80.4 Å². The third-order valence-corrected chi connectivity index (χ3v) is 6.80. The highest BCUT2D eigenvalue weighted by Gasteiger charge is 2.44. The summed E-state index contributed by atoms with van der Waals surface area (Å²) in [5, 5.41) is 0.400. The van der Waals surface area contributed by atoms with Crippen LogP contribution in [-0.4, -0.2) is 25.7 Å². The molecule has 1 unspecified atom stereocenters. The fourth-order valence-corrected chi connectivity index (χ4v) is 5.05. The Hall–Kier alpha value is -3.78. The van der Waals surface area contributed by atoms with E-state index in [0.29, 0.717) is 64.9 Å². The van der Waals surface area contributed by atoms with Gasteiger partial charge in [0.05, 0.1) is 36.8 Å². The molecule has 5 rings (SSSR count). The molecule has 1 amide bonds. The number of carbonyl (C=O) groups is 1. The molecular weight excluding hydrogens is 550 g/mol. The standard InChI is InChI=1S/C30H28BrNO6/c1-4-15-37-24-13-7-18(16-25(24)36-6-3)27-26-28(33)22-17-19(31)8-14-23(22)38-29(26)30(34)32(27)20-9-11-21(12-10-20)35-5-2/h7-14,16-17,27H,4-6,15H2,1-3H3. The molecule has 1 atom stereocenters. The van der Waals surface area contributed by atoms with Crippen molar-refractivity contribution in [2.24, 2.45) is 0 Å². The van der Waals surface area contributed by atoms with Crippen LogP contribution in [0.4, 0.5) is 5.69 Å². The van der Waals surface area contributed by atoms with E-state index in [1.54, 1.807) is 23.1 Å². The van der Waals surface area contributed by atoms with Crippen molar-refractivity contribution in [3.8, 4) is 17.2 Å². The monoisotopic (exact) mass is 577 g/mol. The van der Waals surface area contributed by atoms with Crippen LogP contribution in [-0.2, 0) is 0 Å². The van der Waals surface area contributed by atoms with Crippen molar-refractivity contribution >= 4 is 38.5 Å². The summed E-state index contributed by atoms with van der Waals surface area (Å²) >= 11 is 3.44. The molecule has 2 heterocycles. The van der Waals surface area contributed by atoms with Gasteiger partial charge in [-0.3, -0.25) is 14.5 Å². The number of ether oxygens (including phenoxy) is 3.